The summed E-state index contributed by atoms with van der Waals surface area (Å²) >= 11 is 0. The Kier molecular flexibility index (Phi) is 4.29. The SMILES string of the molecule is CCC(c1ccnc2c([N+](=O)[O-])cccc12)C(C)NC. The van der Waals surface area contributed by atoms with E-state index >= 15 is 0 Å². The zero-order chi connectivity index (χ0) is 14.7. The smallest absolute Gasteiger partial charge is 0.295 e. The zero-order valence-electron chi connectivity index (χ0n) is 12.0. The molecule has 5 nitrogen and oxygen atoms in total. The normalized spacial score (nSPS) is 14.2. The third-order valence-electron chi connectivity index (χ3n) is 3.88. The van der Waals surface area contributed by atoms with Crippen molar-refractivity contribution in [1.82, 2.24) is 10.3 Å². The van der Waals surface area contributed by atoms with Crippen molar-refractivity contribution in [3.63, 3.8) is 0 Å². The van der Waals surface area contributed by atoms with Crippen LogP contribution >= 0.6 is 0 Å². The first-order valence-electron chi connectivity index (χ1n) is 6.79. The summed E-state index contributed by atoms with van der Waals surface area (Å²) in [6.07, 6.45) is 2.62. The monoisotopic (exact) mass is 273 g/mol. The second-order valence-corrected chi connectivity index (χ2v) is 4.92. The Morgan fingerprint density at radius 1 is 1.40 bits per heavy atom. The van der Waals surface area contributed by atoms with Gasteiger partial charge >= 0.3 is 0 Å². The van der Waals surface area contributed by atoms with E-state index in [1.807, 2.05) is 19.2 Å². The number of rotatable bonds is 5. The number of nitro groups is 1. The molecule has 0 spiro atoms. The number of hydrogen-bond donors (Lipinski definition) is 1. The number of benzene rings is 1. The van der Waals surface area contributed by atoms with Gasteiger partial charge in [-0.05, 0) is 37.9 Å². The third kappa shape index (κ3) is 2.49. The highest BCUT2D eigenvalue weighted by Crippen LogP contribution is 2.32. The van der Waals surface area contributed by atoms with E-state index in [9.17, 15) is 10.1 Å². The summed E-state index contributed by atoms with van der Waals surface area (Å²) in [5.41, 5.74) is 1.65. The van der Waals surface area contributed by atoms with Crippen LogP contribution in [0.25, 0.3) is 10.9 Å². The maximum Gasteiger partial charge on any atom is 0.295 e. The predicted molar refractivity (Wildman–Crippen MR) is 80.0 cm³/mol. The molecule has 1 aromatic carbocycles. The van der Waals surface area contributed by atoms with E-state index in [4.69, 9.17) is 0 Å². The van der Waals surface area contributed by atoms with Gasteiger partial charge in [-0.2, -0.15) is 0 Å². The largest absolute Gasteiger partial charge is 0.317 e. The number of fused-ring (bicyclic) bond motifs is 1. The molecule has 0 aliphatic rings. The Bertz CT molecular complexity index is 628. The van der Waals surface area contributed by atoms with E-state index in [-0.39, 0.29) is 10.6 Å². The van der Waals surface area contributed by atoms with E-state index in [2.05, 4.69) is 24.1 Å². The molecule has 2 rings (SSSR count). The van der Waals surface area contributed by atoms with Crippen molar-refractivity contribution in [3.8, 4) is 0 Å². The number of nitrogens with one attached hydrogen (secondary N) is 1. The van der Waals surface area contributed by atoms with Crippen molar-refractivity contribution in [2.75, 3.05) is 7.05 Å². The van der Waals surface area contributed by atoms with Crippen LogP contribution in [0.4, 0.5) is 5.69 Å². The molecule has 0 bridgehead atoms. The molecule has 0 aliphatic carbocycles. The number of hydrogen-bond acceptors (Lipinski definition) is 4. The number of nitrogens with zero attached hydrogens (tertiary/aromatic N) is 2. The molecular formula is C15H19N3O2. The lowest BCUT2D eigenvalue weighted by molar-refractivity contribution is -0.383. The first-order chi connectivity index (χ1) is 9.60. The topological polar surface area (TPSA) is 68.1 Å². The van der Waals surface area contributed by atoms with Crippen LogP contribution in [-0.2, 0) is 0 Å². The lowest BCUT2D eigenvalue weighted by Crippen LogP contribution is -2.28. The number of nitro benzene ring substituents is 1. The van der Waals surface area contributed by atoms with Crippen molar-refractivity contribution in [1.29, 1.82) is 0 Å². The van der Waals surface area contributed by atoms with Crippen LogP contribution in [0.2, 0.25) is 0 Å². The Labute approximate surface area is 118 Å². The number of likely N-dealkylation sites (N-methyl/N-ethyl adjacent to an activating group) is 1. The minimum Gasteiger partial charge on any atom is -0.317 e. The van der Waals surface area contributed by atoms with Crippen LogP contribution in [0.1, 0.15) is 31.7 Å². The molecule has 0 saturated carbocycles. The van der Waals surface area contributed by atoms with Gasteiger partial charge in [-0.3, -0.25) is 10.1 Å². The Balaban J connectivity index is 2.66. The average molecular weight is 273 g/mol. The molecule has 1 N–H and O–H groups in total. The Hall–Kier alpha value is -2.01. The number of non-ortho nitro benzene ring substituents is 1. The molecule has 1 aromatic heterocycles. The summed E-state index contributed by atoms with van der Waals surface area (Å²) in [5, 5.41) is 15.2. The predicted octanol–water partition coefficient (Wildman–Crippen LogP) is 3.24. The van der Waals surface area contributed by atoms with Crippen LogP contribution < -0.4 is 5.32 Å². The van der Waals surface area contributed by atoms with Gasteiger partial charge in [-0.1, -0.05) is 19.1 Å². The highest BCUT2D eigenvalue weighted by molar-refractivity contribution is 5.89. The molecule has 20 heavy (non-hydrogen) atoms. The second kappa shape index (κ2) is 5.96. The number of para-hydroxylation sites is 1. The minimum atomic E-state index is -0.373. The van der Waals surface area contributed by atoms with Gasteiger partial charge in [-0.15, -0.1) is 0 Å². The van der Waals surface area contributed by atoms with Crippen molar-refractivity contribution >= 4 is 16.6 Å². The molecule has 0 radical (unpaired) electrons. The zero-order valence-corrected chi connectivity index (χ0v) is 12.0. The number of pyridine rings is 1. The highest BCUT2D eigenvalue weighted by Gasteiger charge is 2.21. The fraction of sp³-hybridized carbons (Fsp3) is 0.400. The van der Waals surface area contributed by atoms with Gasteiger partial charge in [0.1, 0.15) is 5.52 Å². The van der Waals surface area contributed by atoms with E-state index in [1.165, 1.54) is 6.07 Å². The van der Waals surface area contributed by atoms with Crippen molar-refractivity contribution in [2.24, 2.45) is 0 Å². The fourth-order valence-electron chi connectivity index (χ4n) is 2.70. The maximum absolute atomic E-state index is 11.1. The summed E-state index contributed by atoms with van der Waals surface area (Å²) in [4.78, 5) is 14.9. The van der Waals surface area contributed by atoms with Crippen LogP contribution in [0.15, 0.2) is 30.5 Å². The first-order valence-corrected chi connectivity index (χ1v) is 6.79. The second-order valence-electron chi connectivity index (χ2n) is 4.92. The average Bonchev–Trinajstić information content (AvgIpc) is 2.47. The summed E-state index contributed by atoms with van der Waals surface area (Å²) < 4.78 is 0. The number of aromatic nitrogens is 1. The summed E-state index contributed by atoms with van der Waals surface area (Å²) in [6, 6.07) is 7.40. The lowest BCUT2D eigenvalue weighted by atomic mass is 9.88. The van der Waals surface area contributed by atoms with Gasteiger partial charge in [0.05, 0.1) is 4.92 Å². The molecule has 2 atom stereocenters. The standard InChI is InChI=1S/C15H19N3O2/c1-4-11(10(2)16-3)12-8-9-17-15-13(12)6-5-7-14(15)18(19)20/h5-11,16H,4H2,1-3H3. The molecule has 0 amide bonds. The summed E-state index contributed by atoms with van der Waals surface area (Å²) in [5.74, 6) is 0.299. The molecule has 0 aliphatic heterocycles. The molecule has 2 unspecified atom stereocenters. The van der Waals surface area contributed by atoms with Gasteiger partial charge in [0, 0.05) is 23.7 Å². The Morgan fingerprint density at radius 3 is 2.75 bits per heavy atom. The van der Waals surface area contributed by atoms with Crippen LogP contribution in [-0.4, -0.2) is 23.0 Å². The van der Waals surface area contributed by atoms with Crippen molar-refractivity contribution in [2.45, 2.75) is 32.2 Å². The molecule has 5 heteroatoms. The fourth-order valence-corrected chi connectivity index (χ4v) is 2.70. The minimum absolute atomic E-state index is 0.0660. The summed E-state index contributed by atoms with van der Waals surface area (Å²) in [6.45, 7) is 4.25. The molecule has 0 fully saturated rings. The van der Waals surface area contributed by atoms with Gasteiger partial charge in [0.2, 0.25) is 0 Å². The third-order valence-corrected chi connectivity index (χ3v) is 3.88. The van der Waals surface area contributed by atoms with Crippen LogP contribution in [0.5, 0.6) is 0 Å². The van der Waals surface area contributed by atoms with Crippen molar-refractivity contribution in [3.05, 3.63) is 46.1 Å². The van der Waals surface area contributed by atoms with E-state index < -0.39 is 0 Å². The molecular weight excluding hydrogens is 254 g/mol. The van der Waals surface area contributed by atoms with Crippen molar-refractivity contribution < 1.29 is 4.92 Å². The van der Waals surface area contributed by atoms with Gasteiger partial charge in [0.25, 0.3) is 5.69 Å². The van der Waals surface area contributed by atoms with E-state index in [0.717, 1.165) is 17.4 Å². The molecule has 106 valence electrons. The molecule has 0 saturated heterocycles. The van der Waals surface area contributed by atoms with E-state index in [1.54, 1.807) is 12.3 Å². The van der Waals surface area contributed by atoms with E-state index in [0.29, 0.717) is 17.5 Å². The summed E-state index contributed by atoms with van der Waals surface area (Å²) in [7, 11) is 1.93. The van der Waals surface area contributed by atoms with Crippen LogP contribution in [0.3, 0.4) is 0 Å². The Morgan fingerprint density at radius 2 is 2.15 bits per heavy atom. The maximum atomic E-state index is 11.1. The van der Waals surface area contributed by atoms with Gasteiger partial charge < -0.3 is 5.32 Å². The van der Waals surface area contributed by atoms with Crippen LogP contribution in [0, 0.1) is 10.1 Å². The highest BCUT2D eigenvalue weighted by atomic mass is 16.6. The molecule has 1 heterocycles. The van der Waals surface area contributed by atoms with Gasteiger partial charge in [0.15, 0.2) is 0 Å². The quantitative estimate of drug-likeness (QED) is 0.670. The first kappa shape index (κ1) is 14.4. The van der Waals surface area contributed by atoms with Gasteiger partial charge in [-0.25, -0.2) is 4.98 Å². The lowest BCUT2D eigenvalue weighted by Gasteiger charge is -2.23. The molecule has 2 aromatic rings.